The second-order valence-electron chi connectivity index (χ2n) is 5.96. The molecule has 1 N–H and O–H groups in total. The minimum atomic E-state index is -2.44. The van der Waals surface area contributed by atoms with Gasteiger partial charge in [-0.25, -0.2) is 9.37 Å². The number of halogens is 1. The minimum Gasteiger partial charge on any atom is -0.755 e. The first-order valence-corrected chi connectivity index (χ1v) is 9.17. The molecular weight excluding hydrogens is 359 g/mol. The highest BCUT2D eigenvalue weighted by atomic mass is 32.2. The van der Waals surface area contributed by atoms with Crippen molar-refractivity contribution in [3.05, 3.63) is 59.5 Å². The summed E-state index contributed by atoms with van der Waals surface area (Å²) in [7, 11) is 0. The van der Waals surface area contributed by atoms with Gasteiger partial charge in [0.2, 0.25) is 0 Å². The lowest BCUT2D eigenvalue weighted by Gasteiger charge is -2.34. The predicted molar refractivity (Wildman–Crippen MR) is 94.4 cm³/mol. The number of carbonyl (C=O) groups is 1. The third-order valence-electron chi connectivity index (χ3n) is 4.18. The van der Waals surface area contributed by atoms with E-state index in [1.807, 2.05) is 0 Å². The summed E-state index contributed by atoms with van der Waals surface area (Å²) in [5.74, 6) is -0.215. The van der Waals surface area contributed by atoms with Gasteiger partial charge in [0.25, 0.3) is 5.91 Å². The van der Waals surface area contributed by atoms with Crippen LogP contribution in [0.4, 0.5) is 10.2 Å². The van der Waals surface area contributed by atoms with Crippen molar-refractivity contribution in [3.63, 3.8) is 0 Å². The van der Waals surface area contributed by atoms with Crippen molar-refractivity contribution in [2.45, 2.75) is 6.54 Å². The number of anilines is 1. The number of pyridine rings is 1. The van der Waals surface area contributed by atoms with Gasteiger partial charge >= 0.3 is 0 Å². The first kappa shape index (κ1) is 18.4. The molecule has 3 rings (SSSR count). The number of piperazine rings is 1. The average molecular weight is 377 g/mol. The molecule has 0 radical (unpaired) electrons. The topological polar surface area (TPSA) is 88.6 Å². The van der Waals surface area contributed by atoms with Gasteiger partial charge in [0.1, 0.15) is 11.6 Å². The molecule has 1 atom stereocenters. The van der Waals surface area contributed by atoms with Crippen LogP contribution in [-0.2, 0) is 17.8 Å². The number of nitrogens with zero attached hydrogens (tertiary/aromatic N) is 3. The molecule has 2 aromatic rings. The lowest BCUT2D eigenvalue weighted by molar-refractivity contribution is 0.0628. The van der Waals surface area contributed by atoms with Crippen molar-refractivity contribution in [2.24, 2.45) is 0 Å². The van der Waals surface area contributed by atoms with Gasteiger partial charge in [0.05, 0.1) is 5.56 Å². The standard InChI is InChI=1S/C17H19FN4O3S/c18-15-4-1-13(2-5-15)12-21-7-9-22(10-8-21)17(23)14-3-6-16(19-11-14)20-26(24)25/h1-6,11H,7-10,12H2,(H,19,20)(H,24,25)/p-1. The Morgan fingerprint density at radius 3 is 2.42 bits per heavy atom. The molecule has 26 heavy (non-hydrogen) atoms. The number of carbonyl (C=O) groups excluding carboxylic acids is 1. The van der Waals surface area contributed by atoms with E-state index >= 15 is 0 Å². The number of hydrogen-bond acceptors (Lipinski definition) is 5. The van der Waals surface area contributed by atoms with Crippen LogP contribution in [0.15, 0.2) is 42.6 Å². The molecule has 1 unspecified atom stereocenters. The molecule has 1 aromatic heterocycles. The summed E-state index contributed by atoms with van der Waals surface area (Å²) in [5, 5.41) is 0. The van der Waals surface area contributed by atoms with Crippen LogP contribution in [0, 0.1) is 5.82 Å². The average Bonchev–Trinajstić information content (AvgIpc) is 2.64. The Bertz CT molecular complexity index is 778. The van der Waals surface area contributed by atoms with Gasteiger partial charge < -0.3 is 14.2 Å². The zero-order valence-electron chi connectivity index (χ0n) is 13.9. The molecular formula is C17H18FN4O3S-. The quantitative estimate of drug-likeness (QED) is 0.796. The lowest BCUT2D eigenvalue weighted by atomic mass is 10.2. The Balaban J connectivity index is 1.53. The van der Waals surface area contributed by atoms with Crippen LogP contribution >= 0.6 is 0 Å². The first-order chi connectivity index (χ1) is 12.5. The van der Waals surface area contributed by atoms with Crippen LogP contribution in [-0.4, -0.2) is 55.6 Å². The summed E-state index contributed by atoms with van der Waals surface area (Å²) in [5.41, 5.74) is 1.45. The number of amides is 1. The third kappa shape index (κ3) is 4.84. The molecule has 138 valence electrons. The van der Waals surface area contributed by atoms with Crippen LogP contribution in [0.3, 0.4) is 0 Å². The van der Waals surface area contributed by atoms with E-state index in [1.54, 1.807) is 23.1 Å². The summed E-state index contributed by atoms with van der Waals surface area (Å²) in [6, 6.07) is 9.43. The molecule has 1 aromatic carbocycles. The molecule has 1 aliphatic heterocycles. The van der Waals surface area contributed by atoms with E-state index in [0.29, 0.717) is 18.7 Å². The van der Waals surface area contributed by atoms with Gasteiger partial charge in [-0.2, -0.15) is 0 Å². The number of hydrogen-bond donors (Lipinski definition) is 1. The van der Waals surface area contributed by atoms with E-state index in [2.05, 4.69) is 14.6 Å². The Morgan fingerprint density at radius 2 is 1.85 bits per heavy atom. The maximum absolute atomic E-state index is 13.0. The minimum absolute atomic E-state index is 0.131. The normalized spacial score (nSPS) is 16.3. The second-order valence-corrected chi connectivity index (χ2v) is 6.64. The molecule has 1 saturated heterocycles. The van der Waals surface area contributed by atoms with Crippen LogP contribution < -0.4 is 4.72 Å². The highest BCUT2D eigenvalue weighted by Gasteiger charge is 2.22. The molecule has 7 nitrogen and oxygen atoms in total. The van der Waals surface area contributed by atoms with Gasteiger partial charge in [-0.15, -0.1) is 0 Å². The number of benzene rings is 1. The fraction of sp³-hybridized carbons (Fsp3) is 0.294. The first-order valence-electron chi connectivity index (χ1n) is 8.09. The second kappa shape index (κ2) is 8.35. The van der Waals surface area contributed by atoms with Gasteiger partial charge in [0, 0.05) is 50.2 Å². The van der Waals surface area contributed by atoms with E-state index < -0.39 is 11.3 Å². The van der Waals surface area contributed by atoms with Crippen molar-refractivity contribution in [2.75, 3.05) is 30.9 Å². The maximum Gasteiger partial charge on any atom is 0.255 e. The molecule has 0 aliphatic carbocycles. The summed E-state index contributed by atoms with van der Waals surface area (Å²) < 4.78 is 36.2. The Hall–Kier alpha value is -2.36. The van der Waals surface area contributed by atoms with Gasteiger partial charge in [0.15, 0.2) is 0 Å². The fourth-order valence-electron chi connectivity index (χ4n) is 2.81. The Labute approximate surface area is 153 Å². The molecule has 2 heterocycles. The van der Waals surface area contributed by atoms with Crippen molar-refractivity contribution < 1.29 is 17.9 Å². The van der Waals surface area contributed by atoms with E-state index in [4.69, 9.17) is 0 Å². The Morgan fingerprint density at radius 1 is 1.15 bits per heavy atom. The van der Waals surface area contributed by atoms with Crippen molar-refractivity contribution in [3.8, 4) is 0 Å². The zero-order valence-corrected chi connectivity index (χ0v) is 14.7. The molecule has 1 fully saturated rings. The summed E-state index contributed by atoms with van der Waals surface area (Å²) >= 11 is -2.44. The van der Waals surface area contributed by atoms with Gasteiger partial charge in [-0.05, 0) is 29.8 Å². The number of aromatic nitrogens is 1. The maximum atomic E-state index is 13.0. The van der Waals surface area contributed by atoms with Gasteiger partial charge in [-0.1, -0.05) is 12.1 Å². The van der Waals surface area contributed by atoms with E-state index in [-0.39, 0.29) is 17.5 Å². The van der Waals surface area contributed by atoms with Crippen molar-refractivity contribution >= 4 is 23.0 Å². The predicted octanol–water partition coefficient (Wildman–Crippen LogP) is 1.38. The van der Waals surface area contributed by atoms with Crippen LogP contribution in [0.5, 0.6) is 0 Å². The Kier molecular flexibility index (Phi) is 5.92. The van der Waals surface area contributed by atoms with Crippen molar-refractivity contribution in [1.82, 2.24) is 14.8 Å². The molecule has 1 aliphatic rings. The largest absolute Gasteiger partial charge is 0.755 e. The molecule has 0 spiro atoms. The molecule has 9 heteroatoms. The summed E-state index contributed by atoms with van der Waals surface area (Å²) in [4.78, 5) is 20.4. The highest BCUT2D eigenvalue weighted by Crippen LogP contribution is 2.13. The number of nitrogens with one attached hydrogen (secondary N) is 1. The molecule has 0 saturated carbocycles. The van der Waals surface area contributed by atoms with Crippen molar-refractivity contribution in [1.29, 1.82) is 0 Å². The number of rotatable bonds is 5. The fourth-order valence-corrected chi connectivity index (χ4v) is 3.10. The molecule has 1 amide bonds. The SMILES string of the molecule is O=C(c1ccc(NS(=O)[O-])nc1)N1CCN(Cc2ccc(F)cc2)CC1. The monoisotopic (exact) mass is 377 g/mol. The van der Waals surface area contributed by atoms with Crippen LogP contribution in [0.1, 0.15) is 15.9 Å². The zero-order chi connectivity index (χ0) is 18.5. The smallest absolute Gasteiger partial charge is 0.255 e. The summed E-state index contributed by atoms with van der Waals surface area (Å²) in [6.45, 7) is 3.35. The van der Waals surface area contributed by atoms with Crippen LogP contribution in [0.2, 0.25) is 0 Å². The highest BCUT2D eigenvalue weighted by molar-refractivity contribution is 7.80. The van der Waals surface area contributed by atoms with E-state index in [1.165, 1.54) is 24.4 Å². The van der Waals surface area contributed by atoms with E-state index in [9.17, 15) is 17.9 Å². The lowest BCUT2D eigenvalue weighted by Crippen LogP contribution is -2.48. The van der Waals surface area contributed by atoms with Gasteiger partial charge in [-0.3, -0.25) is 13.9 Å². The van der Waals surface area contributed by atoms with Crippen LogP contribution in [0.25, 0.3) is 0 Å². The third-order valence-corrected chi connectivity index (χ3v) is 4.55. The summed E-state index contributed by atoms with van der Waals surface area (Å²) in [6.07, 6.45) is 1.36. The molecule has 0 bridgehead atoms. The van der Waals surface area contributed by atoms with E-state index in [0.717, 1.165) is 25.2 Å².